The van der Waals surface area contributed by atoms with Crippen molar-refractivity contribution in [1.82, 2.24) is 14.5 Å². The molecule has 0 spiro atoms. The zero-order chi connectivity index (χ0) is 20.7. The van der Waals surface area contributed by atoms with Gasteiger partial charge in [-0.2, -0.15) is 0 Å². The van der Waals surface area contributed by atoms with E-state index >= 15 is 0 Å². The van der Waals surface area contributed by atoms with Crippen LogP contribution in [0.4, 0.5) is 4.39 Å². The first kappa shape index (κ1) is 18.1. The molecule has 7 nitrogen and oxygen atoms in total. The van der Waals surface area contributed by atoms with Crippen LogP contribution in [0.25, 0.3) is 22.2 Å². The maximum absolute atomic E-state index is 13.3. The lowest BCUT2D eigenvalue weighted by Gasteiger charge is -2.19. The second kappa shape index (κ2) is 7.14. The van der Waals surface area contributed by atoms with Crippen molar-refractivity contribution in [2.45, 2.75) is 6.54 Å². The fourth-order valence-corrected chi connectivity index (χ4v) is 3.59. The van der Waals surface area contributed by atoms with E-state index in [0.29, 0.717) is 35.8 Å². The number of nitrogens with one attached hydrogen (secondary N) is 1. The molecule has 30 heavy (non-hydrogen) atoms. The van der Waals surface area contributed by atoms with Gasteiger partial charge in [0.15, 0.2) is 11.5 Å². The van der Waals surface area contributed by atoms with Crippen LogP contribution in [0.15, 0.2) is 64.3 Å². The Balaban J connectivity index is 1.66. The average Bonchev–Trinajstić information content (AvgIpc) is 2.76. The highest BCUT2D eigenvalue weighted by Gasteiger charge is 2.16. The summed E-state index contributed by atoms with van der Waals surface area (Å²) in [5.74, 6) is 0.891. The van der Waals surface area contributed by atoms with Crippen LogP contribution < -0.4 is 20.7 Å². The average molecular weight is 405 g/mol. The summed E-state index contributed by atoms with van der Waals surface area (Å²) in [6.45, 7) is 1.13. The molecule has 2 aromatic carbocycles. The summed E-state index contributed by atoms with van der Waals surface area (Å²) in [5, 5.41) is 0.265. The molecule has 1 aliphatic rings. The van der Waals surface area contributed by atoms with E-state index in [1.54, 1.807) is 24.3 Å². The summed E-state index contributed by atoms with van der Waals surface area (Å²) >= 11 is 0. The standard InChI is InChI=1S/C22H16FN3O4/c23-15-4-2-14(3-5-15)16-7-8-24-20-19(16)21(27)25-22(28)26(20)12-13-1-6-17-18(11-13)30-10-9-29-17/h1-8,11H,9-10,12H2,(H,25,27,28). The van der Waals surface area contributed by atoms with Crippen LogP contribution in [-0.4, -0.2) is 27.7 Å². The quantitative estimate of drug-likeness (QED) is 0.566. The molecular weight excluding hydrogens is 389 g/mol. The molecular formula is C22H16FN3O4. The van der Waals surface area contributed by atoms with Gasteiger partial charge in [-0.05, 0) is 47.0 Å². The molecule has 0 saturated heterocycles. The van der Waals surface area contributed by atoms with Crippen LogP contribution in [-0.2, 0) is 6.54 Å². The van der Waals surface area contributed by atoms with Gasteiger partial charge in [0, 0.05) is 6.20 Å². The van der Waals surface area contributed by atoms with Gasteiger partial charge in [0.1, 0.15) is 24.7 Å². The molecule has 0 aliphatic carbocycles. The normalized spacial score (nSPS) is 12.8. The number of fused-ring (bicyclic) bond motifs is 2. The Kier molecular flexibility index (Phi) is 4.31. The van der Waals surface area contributed by atoms with Crippen LogP contribution in [0.5, 0.6) is 11.5 Å². The number of nitrogens with zero attached hydrogens (tertiary/aromatic N) is 2. The lowest BCUT2D eigenvalue weighted by atomic mass is 10.0. The third kappa shape index (κ3) is 3.12. The second-order valence-corrected chi connectivity index (χ2v) is 6.89. The Morgan fingerprint density at radius 2 is 1.77 bits per heavy atom. The monoisotopic (exact) mass is 405 g/mol. The topological polar surface area (TPSA) is 86.2 Å². The van der Waals surface area contributed by atoms with E-state index in [-0.39, 0.29) is 23.4 Å². The minimum Gasteiger partial charge on any atom is -0.486 e. The Hall–Kier alpha value is -3.94. The van der Waals surface area contributed by atoms with E-state index in [0.717, 1.165) is 5.56 Å². The van der Waals surface area contributed by atoms with Gasteiger partial charge in [0.2, 0.25) is 0 Å². The Morgan fingerprint density at radius 3 is 2.57 bits per heavy atom. The smallest absolute Gasteiger partial charge is 0.330 e. The number of aromatic amines is 1. The molecule has 4 aromatic rings. The van der Waals surface area contributed by atoms with Crippen LogP contribution in [0.3, 0.4) is 0 Å². The molecule has 1 aliphatic heterocycles. The van der Waals surface area contributed by atoms with Gasteiger partial charge in [0.25, 0.3) is 5.56 Å². The highest BCUT2D eigenvalue weighted by molar-refractivity contribution is 5.91. The fraction of sp³-hybridized carbons (Fsp3) is 0.136. The summed E-state index contributed by atoms with van der Waals surface area (Å²) in [6, 6.07) is 12.9. The van der Waals surface area contributed by atoms with Crippen molar-refractivity contribution in [3.8, 4) is 22.6 Å². The van der Waals surface area contributed by atoms with Crippen molar-refractivity contribution in [1.29, 1.82) is 0 Å². The lowest BCUT2D eigenvalue weighted by molar-refractivity contribution is 0.171. The van der Waals surface area contributed by atoms with Crippen LogP contribution in [0.1, 0.15) is 5.56 Å². The molecule has 0 saturated carbocycles. The van der Waals surface area contributed by atoms with Gasteiger partial charge in [-0.3, -0.25) is 14.3 Å². The maximum atomic E-state index is 13.3. The zero-order valence-corrected chi connectivity index (χ0v) is 15.7. The summed E-state index contributed by atoms with van der Waals surface area (Å²) in [7, 11) is 0. The molecule has 0 bridgehead atoms. The molecule has 150 valence electrons. The molecule has 0 fully saturated rings. The first-order valence-corrected chi connectivity index (χ1v) is 9.36. The van der Waals surface area contributed by atoms with E-state index in [1.165, 1.54) is 22.9 Å². The third-order valence-corrected chi connectivity index (χ3v) is 4.98. The number of halogens is 1. The Morgan fingerprint density at radius 1 is 1.00 bits per heavy atom. The van der Waals surface area contributed by atoms with Crippen molar-refractivity contribution < 1.29 is 13.9 Å². The summed E-state index contributed by atoms with van der Waals surface area (Å²) < 4.78 is 25.9. The summed E-state index contributed by atoms with van der Waals surface area (Å²) in [4.78, 5) is 31.9. The second-order valence-electron chi connectivity index (χ2n) is 6.89. The molecule has 0 amide bonds. The van der Waals surface area contributed by atoms with Crippen molar-refractivity contribution in [3.63, 3.8) is 0 Å². The highest BCUT2D eigenvalue weighted by Crippen LogP contribution is 2.31. The predicted octanol–water partition coefficient (Wildman–Crippen LogP) is 2.71. The highest BCUT2D eigenvalue weighted by atomic mass is 19.1. The third-order valence-electron chi connectivity index (χ3n) is 4.98. The van der Waals surface area contributed by atoms with E-state index < -0.39 is 11.2 Å². The molecule has 2 aromatic heterocycles. The SMILES string of the molecule is O=c1[nH]c(=O)n(Cc2ccc3c(c2)OCCO3)c2nccc(-c3ccc(F)cc3)c12. The largest absolute Gasteiger partial charge is 0.486 e. The van der Waals surface area contributed by atoms with Crippen molar-refractivity contribution in [3.05, 3.63) is 86.9 Å². The Bertz CT molecular complexity index is 1380. The van der Waals surface area contributed by atoms with Gasteiger partial charge >= 0.3 is 5.69 Å². The number of pyridine rings is 1. The molecule has 0 unspecified atom stereocenters. The molecule has 0 atom stereocenters. The summed E-state index contributed by atoms with van der Waals surface area (Å²) in [6.07, 6.45) is 1.53. The summed E-state index contributed by atoms with van der Waals surface area (Å²) in [5.41, 5.74) is 1.16. The van der Waals surface area contributed by atoms with E-state index in [2.05, 4.69) is 9.97 Å². The van der Waals surface area contributed by atoms with Crippen molar-refractivity contribution >= 4 is 11.0 Å². The number of ether oxygens (including phenoxy) is 2. The van der Waals surface area contributed by atoms with Crippen LogP contribution in [0, 0.1) is 5.82 Å². The first-order valence-electron chi connectivity index (χ1n) is 9.36. The van der Waals surface area contributed by atoms with Crippen LogP contribution in [0.2, 0.25) is 0 Å². The van der Waals surface area contributed by atoms with E-state index in [4.69, 9.17) is 9.47 Å². The van der Waals surface area contributed by atoms with E-state index in [1.807, 2.05) is 12.1 Å². The number of H-pyrrole nitrogens is 1. The number of benzene rings is 2. The molecule has 0 radical (unpaired) electrons. The van der Waals surface area contributed by atoms with Gasteiger partial charge in [-0.15, -0.1) is 0 Å². The maximum Gasteiger partial charge on any atom is 0.330 e. The van der Waals surface area contributed by atoms with Gasteiger partial charge in [-0.25, -0.2) is 14.2 Å². The van der Waals surface area contributed by atoms with Crippen molar-refractivity contribution in [2.75, 3.05) is 13.2 Å². The van der Waals surface area contributed by atoms with Gasteiger partial charge in [-0.1, -0.05) is 18.2 Å². The molecule has 5 rings (SSSR count). The predicted molar refractivity (Wildman–Crippen MR) is 109 cm³/mol. The minimum absolute atomic E-state index is 0.183. The molecule has 3 heterocycles. The van der Waals surface area contributed by atoms with Gasteiger partial charge < -0.3 is 9.47 Å². The Labute approximate surface area is 169 Å². The number of hydrogen-bond donors (Lipinski definition) is 1. The number of hydrogen-bond acceptors (Lipinski definition) is 5. The number of rotatable bonds is 3. The zero-order valence-electron chi connectivity index (χ0n) is 15.7. The number of aromatic nitrogens is 3. The van der Waals surface area contributed by atoms with Gasteiger partial charge in [0.05, 0.1) is 11.9 Å². The fourth-order valence-electron chi connectivity index (χ4n) is 3.59. The van der Waals surface area contributed by atoms with E-state index in [9.17, 15) is 14.0 Å². The molecule has 1 N–H and O–H groups in total. The minimum atomic E-state index is -0.564. The molecule has 8 heteroatoms. The van der Waals surface area contributed by atoms with Crippen molar-refractivity contribution in [2.24, 2.45) is 0 Å². The first-order chi connectivity index (χ1) is 14.6. The lowest BCUT2D eigenvalue weighted by Crippen LogP contribution is -2.31. The van der Waals surface area contributed by atoms with Crippen LogP contribution >= 0.6 is 0 Å².